The molecular formula is C7H5F2N3S. The highest BCUT2D eigenvalue weighted by Gasteiger charge is 2.13. The summed E-state index contributed by atoms with van der Waals surface area (Å²) in [5.74, 6) is 0. The zero-order chi connectivity index (χ0) is 9.26. The SMILES string of the molecule is FC(F)c1ncc(-c2cn[nH]c2)s1. The molecule has 13 heavy (non-hydrogen) atoms. The zero-order valence-corrected chi connectivity index (χ0v) is 7.18. The van der Waals surface area contributed by atoms with Gasteiger partial charge in [0.15, 0.2) is 5.01 Å². The maximum atomic E-state index is 12.1. The number of halogens is 2. The number of H-pyrrole nitrogens is 1. The first-order valence-electron chi connectivity index (χ1n) is 3.50. The molecular weight excluding hydrogens is 196 g/mol. The highest BCUT2D eigenvalue weighted by atomic mass is 32.1. The Hall–Kier alpha value is -1.30. The van der Waals surface area contributed by atoms with E-state index < -0.39 is 6.43 Å². The Morgan fingerprint density at radius 1 is 1.38 bits per heavy atom. The van der Waals surface area contributed by atoms with Crippen molar-refractivity contribution in [3.05, 3.63) is 23.6 Å². The van der Waals surface area contributed by atoms with Crippen LogP contribution in [0.4, 0.5) is 8.78 Å². The second kappa shape index (κ2) is 3.21. The van der Waals surface area contributed by atoms with Gasteiger partial charge in [0.1, 0.15) is 0 Å². The van der Waals surface area contributed by atoms with Gasteiger partial charge in [0.25, 0.3) is 6.43 Å². The molecule has 0 amide bonds. The molecule has 0 atom stereocenters. The first-order valence-corrected chi connectivity index (χ1v) is 4.32. The number of nitrogens with zero attached hydrogens (tertiary/aromatic N) is 2. The summed E-state index contributed by atoms with van der Waals surface area (Å²) in [6.45, 7) is 0. The van der Waals surface area contributed by atoms with Gasteiger partial charge in [-0.3, -0.25) is 5.10 Å². The van der Waals surface area contributed by atoms with Crippen molar-refractivity contribution in [2.45, 2.75) is 6.43 Å². The maximum absolute atomic E-state index is 12.1. The first-order chi connectivity index (χ1) is 6.27. The molecule has 2 aromatic rings. The summed E-state index contributed by atoms with van der Waals surface area (Å²) in [7, 11) is 0. The lowest BCUT2D eigenvalue weighted by Gasteiger charge is -1.88. The Morgan fingerprint density at radius 3 is 2.77 bits per heavy atom. The molecule has 2 heterocycles. The molecule has 0 aliphatic rings. The van der Waals surface area contributed by atoms with E-state index in [1.54, 1.807) is 12.4 Å². The Balaban J connectivity index is 2.33. The lowest BCUT2D eigenvalue weighted by Crippen LogP contribution is -1.77. The summed E-state index contributed by atoms with van der Waals surface area (Å²) in [5, 5.41) is 6.17. The molecule has 3 nitrogen and oxygen atoms in total. The number of hydrogen-bond acceptors (Lipinski definition) is 3. The van der Waals surface area contributed by atoms with E-state index in [-0.39, 0.29) is 5.01 Å². The van der Waals surface area contributed by atoms with Gasteiger partial charge in [-0.05, 0) is 0 Å². The average molecular weight is 201 g/mol. The van der Waals surface area contributed by atoms with E-state index >= 15 is 0 Å². The van der Waals surface area contributed by atoms with Crippen LogP contribution in [-0.2, 0) is 0 Å². The highest BCUT2D eigenvalue weighted by Crippen LogP contribution is 2.30. The molecule has 0 spiro atoms. The van der Waals surface area contributed by atoms with Crippen molar-refractivity contribution in [1.29, 1.82) is 0 Å². The summed E-state index contributed by atoms with van der Waals surface area (Å²) in [6, 6.07) is 0. The second-order valence-corrected chi connectivity index (χ2v) is 3.41. The van der Waals surface area contributed by atoms with E-state index in [1.807, 2.05) is 0 Å². The fourth-order valence-electron chi connectivity index (χ4n) is 0.908. The Morgan fingerprint density at radius 2 is 2.23 bits per heavy atom. The van der Waals surface area contributed by atoms with Gasteiger partial charge in [-0.2, -0.15) is 5.10 Å². The summed E-state index contributed by atoms with van der Waals surface area (Å²) in [6.07, 6.45) is 2.15. The van der Waals surface area contributed by atoms with Crippen molar-refractivity contribution >= 4 is 11.3 Å². The molecule has 0 unspecified atom stereocenters. The number of hydrogen-bond donors (Lipinski definition) is 1. The van der Waals surface area contributed by atoms with Crippen LogP contribution in [-0.4, -0.2) is 15.2 Å². The number of aromatic nitrogens is 3. The molecule has 0 saturated heterocycles. The number of thiazole rings is 1. The van der Waals surface area contributed by atoms with E-state index in [4.69, 9.17) is 0 Å². The Kier molecular flexibility index (Phi) is 2.05. The topological polar surface area (TPSA) is 41.6 Å². The van der Waals surface area contributed by atoms with Gasteiger partial charge in [-0.25, -0.2) is 13.8 Å². The third kappa shape index (κ3) is 1.57. The molecule has 68 valence electrons. The van der Waals surface area contributed by atoms with Crippen molar-refractivity contribution in [2.24, 2.45) is 0 Å². The lowest BCUT2D eigenvalue weighted by molar-refractivity contribution is 0.151. The molecule has 0 aliphatic heterocycles. The third-order valence-electron chi connectivity index (χ3n) is 1.49. The smallest absolute Gasteiger partial charge is 0.285 e. The van der Waals surface area contributed by atoms with Gasteiger partial charge >= 0.3 is 0 Å². The lowest BCUT2D eigenvalue weighted by atomic mass is 10.3. The summed E-state index contributed by atoms with van der Waals surface area (Å²) < 4.78 is 24.3. The minimum absolute atomic E-state index is 0.156. The van der Waals surface area contributed by atoms with E-state index in [9.17, 15) is 8.78 Å². The summed E-state index contributed by atoms with van der Waals surface area (Å²) >= 11 is 0.978. The number of nitrogens with one attached hydrogen (secondary N) is 1. The molecule has 2 aromatic heterocycles. The fraction of sp³-hybridized carbons (Fsp3) is 0.143. The van der Waals surface area contributed by atoms with E-state index in [0.717, 1.165) is 16.9 Å². The molecule has 0 bridgehead atoms. The van der Waals surface area contributed by atoms with E-state index in [1.165, 1.54) is 6.20 Å². The van der Waals surface area contributed by atoms with Gasteiger partial charge < -0.3 is 0 Å². The molecule has 1 N–H and O–H groups in total. The quantitative estimate of drug-likeness (QED) is 0.810. The standard InChI is InChI=1S/C7H5F2N3S/c8-6(9)7-10-3-5(13-7)4-1-11-12-2-4/h1-3,6H,(H,11,12). The minimum atomic E-state index is -2.49. The first kappa shape index (κ1) is 8.31. The van der Waals surface area contributed by atoms with Crippen molar-refractivity contribution in [3.8, 4) is 10.4 Å². The van der Waals surface area contributed by atoms with Crippen LogP contribution in [0, 0.1) is 0 Å². The van der Waals surface area contributed by atoms with Gasteiger partial charge in [-0.15, -0.1) is 11.3 Å². The maximum Gasteiger partial charge on any atom is 0.289 e. The van der Waals surface area contributed by atoms with Gasteiger partial charge in [0, 0.05) is 18.0 Å². The van der Waals surface area contributed by atoms with Crippen molar-refractivity contribution in [2.75, 3.05) is 0 Å². The molecule has 0 fully saturated rings. The predicted octanol–water partition coefficient (Wildman–Crippen LogP) is 2.47. The molecule has 0 saturated carbocycles. The number of rotatable bonds is 2. The van der Waals surface area contributed by atoms with Crippen LogP contribution in [0.25, 0.3) is 10.4 Å². The summed E-state index contributed by atoms with van der Waals surface area (Å²) in [4.78, 5) is 4.30. The van der Waals surface area contributed by atoms with Crippen LogP contribution in [0.15, 0.2) is 18.6 Å². The van der Waals surface area contributed by atoms with Gasteiger partial charge in [-0.1, -0.05) is 0 Å². The normalized spacial score (nSPS) is 11.0. The van der Waals surface area contributed by atoms with Crippen molar-refractivity contribution in [1.82, 2.24) is 15.2 Å². The second-order valence-electron chi connectivity index (χ2n) is 2.35. The van der Waals surface area contributed by atoms with Gasteiger partial charge in [0.05, 0.1) is 11.1 Å². The molecule has 2 rings (SSSR count). The van der Waals surface area contributed by atoms with E-state index in [0.29, 0.717) is 4.88 Å². The van der Waals surface area contributed by atoms with Crippen LogP contribution in [0.2, 0.25) is 0 Å². The average Bonchev–Trinajstić information content (AvgIpc) is 2.75. The minimum Gasteiger partial charge on any atom is -0.285 e. The van der Waals surface area contributed by atoms with Crippen LogP contribution >= 0.6 is 11.3 Å². The predicted molar refractivity (Wildman–Crippen MR) is 44.7 cm³/mol. The van der Waals surface area contributed by atoms with Crippen LogP contribution in [0.1, 0.15) is 11.4 Å². The Bertz CT molecular complexity index is 382. The number of alkyl halides is 2. The van der Waals surface area contributed by atoms with Crippen molar-refractivity contribution in [3.63, 3.8) is 0 Å². The van der Waals surface area contributed by atoms with Gasteiger partial charge in [0.2, 0.25) is 0 Å². The monoisotopic (exact) mass is 201 g/mol. The molecule has 0 aliphatic carbocycles. The largest absolute Gasteiger partial charge is 0.289 e. The van der Waals surface area contributed by atoms with Crippen LogP contribution in [0.5, 0.6) is 0 Å². The van der Waals surface area contributed by atoms with Crippen molar-refractivity contribution < 1.29 is 8.78 Å². The van der Waals surface area contributed by atoms with Crippen LogP contribution in [0.3, 0.4) is 0 Å². The fourth-order valence-corrected chi connectivity index (χ4v) is 1.66. The molecule has 0 aromatic carbocycles. The third-order valence-corrected chi connectivity index (χ3v) is 2.55. The summed E-state index contributed by atoms with van der Waals surface area (Å²) in [5.41, 5.74) is 0.782. The van der Waals surface area contributed by atoms with E-state index in [2.05, 4.69) is 15.2 Å². The zero-order valence-electron chi connectivity index (χ0n) is 6.37. The molecule has 6 heteroatoms. The molecule has 0 radical (unpaired) electrons. The van der Waals surface area contributed by atoms with Crippen LogP contribution < -0.4 is 0 Å². The Labute approximate surface area is 76.4 Å². The number of aromatic amines is 1. The highest BCUT2D eigenvalue weighted by molar-refractivity contribution is 7.15.